The number of piperidine rings is 1. The van der Waals surface area contributed by atoms with Crippen molar-refractivity contribution in [1.29, 1.82) is 0 Å². The summed E-state index contributed by atoms with van der Waals surface area (Å²) >= 11 is 0. The molecular formula is C26H37N3O2. The van der Waals surface area contributed by atoms with Crippen molar-refractivity contribution in [3.05, 3.63) is 30.3 Å². The molecule has 0 aromatic heterocycles. The predicted octanol–water partition coefficient (Wildman–Crippen LogP) is 3.93. The molecule has 0 N–H and O–H groups in total. The first-order chi connectivity index (χ1) is 15.1. The number of hydrogen-bond acceptors (Lipinski definition) is 3. The van der Waals surface area contributed by atoms with E-state index in [2.05, 4.69) is 39.0 Å². The molecule has 168 valence electrons. The maximum absolute atomic E-state index is 13.2. The molecule has 5 heteroatoms. The van der Waals surface area contributed by atoms with Gasteiger partial charge in [-0.25, -0.2) is 0 Å². The van der Waals surface area contributed by atoms with Crippen molar-refractivity contribution in [1.82, 2.24) is 9.80 Å². The molecule has 2 saturated heterocycles. The van der Waals surface area contributed by atoms with Crippen molar-refractivity contribution in [2.24, 2.45) is 17.3 Å². The summed E-state index contributed by atoms with van der Waals surface area (Å²) in [6, 6.07) is 10.5. The largest absolute Gasteiger partial charge is 0.368 e. The molecule has 2 aliphatic carbocycles. The lowest BCUT2D eigenvalue weighted by atomic mass is 9.86. The standard InChI is InChI=1S/C26H37N3O2/c30-24(19-21-7-3-1-4-8-21)28-13-11-26(12-14-28)20-23(26)25(31)29-17-15-27(16-18-29)22-9-5-2-6-10-22/h2,5-6,9-10,21,23H,1,3-4,7-8,11-20H2/t23-/m1/s1. The number of nitrogens with zero attached hydrogens (tertiary/aromatic N) is 3. The van der Waals surface area contributed by atoms with Gasteiger partial charge in [-0.1, -0.05) is 37.5 Å². The Hall–Kier alpha value is -2.04. The van der Waals surface area contributed by atoms with E-state index in [0.29, 0.717) is 17.7 Å². The molecule has 5 rings (SSSR count). The summed E-state index contributed by atoms with van der Waals surface area (Å²) < 4.78 is 0. The van der Waals surface area contributed by atoms with Gasteiger partial charge in [0.25, 0.3) is 0 Å². The van der Waals surface area contributed by atoms with Crippen LogP contribution in [0.25, 0.3) is 0 Å². The van der Waals surface area contributed by atoms with Gasteiger partial charge in [0.2, 0.25) is 11.8 Å². The fraction of sp³-hybridized carbons (Fsp3) is 0.692. The smallest absolute Gasteiger partial charge is 0.226 e. The second-order valence-corrected chi connectivity index (χ2v) is 10.4. The summed E-state index contributed by atoms with van der Waals surface area (Å²) in [5.41, 5.74) is 1.44. The molecule has 4 fully saturated rings. The number of carbonyl (C=O) groups is 2. The Morgan fingerprint density at radius 1 is 0.839 bits per heavy atom. The van der Waals surface area contributed by atoms with Crippen LogP contribution in [0.1, 0.15) is 57.8 Å². The SMILES string of the molecule is O=C(CC1CCCCC1)N1CCC2(CC1)C[C@@H]2C(=O)N1CCN(c2ccccc2)CC1. The van der Waals surface area contributed by atoms with Crippen molar-refractivity contribution in [3.8, 4) is 0 Å². The molecule has 5 nitrogen and oxygen atoms in total. The van der Waals surface area contributed by atoms with E-state index >= 15 is 0 Å². The van der Waals surface area contributed by atoms with E-state index in [0.717, 1.165) is 65.0 Å². The normalized spacial score (nSPS) is 26.2. The first-order valence-electron chi connectivity index (χ1n) is 12.5. The number of para-hydroxylation sites is 1. The third kappa shape index (κ3) is 4.47. The monoisotopic (exact) mass is 423 g/mol. The average molecular weight is 424 g/mol. The van der Waals surface area contributed by atoms with Gasteiger partial charge in [0.05, 0.1) is 0 Å². The highest BCUT2D eigenvalue weighted by atomic mass is 16.2. The number of anilines is 1. The third-order valence-corrected chi connectivity index (χ3v) is 8.50. The van der Waals surface area contributed by atoms with Gasteiger partial charge >= 0.3 is 0 Å². The molecule has 1 aromatic rings. The van der Waals surface area contributed by atoms with Crippen LogP contribution < -0.4 is 4.90 Å². The number of likely N-dealkylation sites (tertiary alicyclic amines) is 1. The van der Waals surface area contributed by atoms with Crippen LogP contribution in [0.3, 0.4) is 0 Å². The minimum absolute atomic E-state index is 0.190. The lowest BCUT2D eigenvalue weighted by molar-refractivity contribution is -0.135. The quantitative estimate of drug-likeness (QED) is 0.737. The Bertz CT molecular complexity index is 773. The van der Waals surface area contributed by atoms with Crippen LogP contribution >= 0.6 is 0 Å². The molecule has 4 aliphatic rings. The third-order valence-electron chi connectivity index (χ3n) is 8.50. The molecular weight excluding hydrogens is 386 g/mol. The molecule has 31 heavy (non-hydrogen) atoms. The molecule has 2 aliphatic heterocycles. The Kier molecular flexibility index (Phi) is 5.94. The summed E-state index contributed by atoms with van der Waals surface area (Å²) in [6.07, 6.45) is 10.2. The van der Waals surface area contributed by atoms with Gasteiger partial charge in [0.15, 0.2) is 0 Å². The van der Waals surface area contributed by atoms with E-state index in [4.69, 9.17) is 0 Å². The minimum Gasteiger partial charge on any atom is -0.368 e. The molecule has 0 bridgehead atoms. The first-order valence-corrected chi connectivity index (χ1v) is 12.5. The highest BCUT2D eigenvalue weighted by Gasteiger charge is 2.59. The van der Waals surface area contributed by atoms with Crippen LogP contribution in [-0.4, -0.2) is 60.9 Å². The number of hydrogen-bond donors (Lipinski definition) is 0. The maximum atomic E-state index is 13.2. The Morgan fingerprint density at radius 3 is 2.19 bits per heavy atom. The second-order valence-electron chi connectivity index (χ2n) is 10.4. The minimum atomic E-state index is 0.190. The van der Waals surface area contributed by atoms with Gasteiger partial charge < -0.3 is 14.7 Å². The number of carbonyl (C=O) groups excluding carboxylic acids is 2. The van der Waals surface area contributed by atoms with E-state index in [1.807, 2.05) is 6.07 Å². The average Bonchev–Trinajstić information content (AvgIpc) is 3.53. The molecule has 2 saturated carbocycles. The molecule has 0 unspecified atom stereocenters. The van der Waals surface area contributed by atoms with Crippen LogP contribution in [0.5, 0.6) is 0 Å². The molecule has 2 amide bonds. The molecule has 0 radical (unpaired) electrons. The lowest BCUT2D eigenvalue weighted by Gasteiger charge is -2.37. The molecule has 1 atom stereocenters. The Balaban J connectivity index is 1.08. The summed E-state index contributed by atoms with van der Waals surface area (Å²) in [5, 5.41) is 0. The zero-order valence-corrected chi connectivity index (χ0v) is 18.8. The number of amides is 2. The van der Waals surface area contributed by atoms with Gasteiger partial charge in [-0.15, -0.1) is 0 Å². The fourth-order valence-electron chi connectivity index (χ4n) is 6.26. The number of piperazine rings is 1. The predicted molar refractivity (Wildman–Crippen MR) is 123 cm³/mol. The second kappa shape index (κ2) is 8.84. The van der Waals surface area contributed by atoms with Gasteiger partial charge in [-0.05, 0) is 55.6 Å². The molecule has 2 heterocycles. The van der Waals surface area contributed by atoms with E-state index in [1.165, 1.54) is 37.8 Å². The zero-order valence-electron chi connectivity index (χ0n) is 18.8. The summed E-state index contributed by atoms with van der Waals surface area (Å²) in [5.74, 6) is 1.55. The van der Waals surface area contributed by atoms with Gasteiger partial charge in [0.1, 0.15) is 0 Å². The van der Waals surface area contributed by atoms with Crippen LogP contribution in [0, 0.1) is 17.3 Å². The molecule has 1 spiro atoms. The van der Waals surface area contributed by atoms with Crippen molar-refractivity contribution >= 4 is 17.5 Å². The van der Waals surface area contributed by atoms with Crippen LogP contribution in [0.15, 0.2) is 30.3 Å². The number of benzene rings is 1. The number of rotatable bonds is 4. The van der Waals surface area contributed by atoms with Crippen molar-refractivity contribution < 1.29 is 9.59 Å². The summed E-state index contributed by atoms with van der Waals surface area (Å²) in [4.78, 5) is 32.5. The summed E-state index contributed by atoms with van der Waals surface area (Å²) in [7, 11) is 0. The highest BCUT2D eigenvalue weighted by molar-refractivity contribution is 5.83. The molecule has 1 aromatic carbocycles. The zero-order chi connectivity index (χ0) is 21.3. The van der Waals surface area contributed by atoms with Gasteiger partial charge in [0, 0.05) is 57.3 Å². The Morgan fingerprint density at radius 2 is 1.52 bits per heavy atom. The maximum Gasteiger partial charge on any atom is 0.226 e. The van der Waals surface area contributed by atoms with E-state index in [9.17, 15) is 9.59 Å². The van der Waals surface area contributed by atoms with Crippen molar-refractivity contribution in [2.45, 2.75) is 57.8 Å². The first kappa shape index (κ1) is 20.8. The topological polar surface area (TPSA) is 43.9 Å². The van der Waals surface area contributed by atoms with E-state index in [1.54, 1.807) is 0 Å². The van der Waals surface area contributed by atoms with Crippen molar-refractivity contribution in [2.75, 3.05) is 44.2 Å². The van der Waals surface area contributed by atoms with Crippen LogP contribution in [0.2, 0.25) is 0 Å². The van der Waals surface area contributed by atoms with Crippen LogP contribution in [-0.2, 0) is 9.59 Å². The van der Waals surface area contributed by atoms with E-state index in [-0.39, 0.29) is 11.3 Å². The van der Waals surface area contributed by atoms with Gasteiger partial charge in [-0.2, -0.15) is 0 Å². The fourth-order valence-corrected chi connectivity index (χ4v) is 6.26. The highest BCUT2D eigenvalue weighted by Crippen LogP contribution is 2.60. The van der Waals surface area contributed by atoms with Crippen LogP contribution in [0.4, 0.5) is 5.69 Å². The van der Waals surface area contributed by atoms with Crippen molar-refractivity contribution in [3.63, 3.8) is 0 Å². The summed E-state index contributed by atoms with van der Waals surface area (Å²) in [6.45, 7) is 5.20. The van der Waals surface area contributed by atoms with Gasteiger partial charge in [-0.3, -0.25) is 9.59 Å². The lowest BCUT2D eigenvalue weighted by Crippen LogP contribution is -2.50. The van der Waals surface area contributed by atoms with E-state index < -0.39 is 0 Å². The Labute approximate surface area is 186 Å².